The van der Waals surface area contributed by atoms with Gasteiger partial charge in [-0.25, -0.2) is 0 Å². The number of nitrogens with zero attached hydrogens (tertiary/aromatic N) is 2. The topological polar surface area (TPSA) is 51.1 Å². The SMILES string of the molecule is CCN=C1S/C(=C/c2ccc(OC(C)C)c(OC)c2)C(=O)N1CC. The molecule has 24 heavy (non-hydrogen) atoms. The van der Waals surface area contributed by atoms with Gasteiger partial charge in [0.15, 0.2) is 16.7 Å². The van der Waals surface area contributed by atoms with Crippen LogP contribution in [-0.4, -0.2) is 42.3 Å². The lowest BCUT2D eigenvalue weighted by molar-refractivity contribution is -0.122. The van der Waals surface area contributed by atoms with Crippen molar-refractivity contribution in [3.63, 3.8) is 0 Å². The van der Waals surface area contributed by atoms with Gasteiger partial charge in [-0.15, -0.1) is 0 Å². The van der Waals surface area contributed by atoms with Gasteiger partial charge in [0.25, 0.3) is 5.91 Å². The quantitative estimate of drug-likeness (QED) is 0.734. The van der Waals surface area contributed by atoms with Crippen LogP contribution in [0.15, 0.2) is 28.1 Å². The number of amidine groups is 1. The second kappa shape index (κ2) is 8.24. The normalized spacial score (nSPS) is 18.1. The van der Waals surface area contributed by atoms with Crippen LogP contribution in [0.2, 0.25) is 0 Å². The van der Waals surface area contributed by atoms with E-state index in [-0.39, 0.29) is 12.0 Å². The fraction of sp³-hybridized carbons (Fsp3) is 0.444. The molecule has 1 aromatic carbocycles. The molecule has 1 aliphatic rings. The Morgan fingerprint density at radius 3 is 2.62 bits per heavy atom. The zero-order valence-corrected chi connectivity index (χ0v) is 15.6. The van der Waals surface area contributed by atoms with Crippen molar-refractivity contribution in [3.05, 3.63) is 28.7 Å². The number of ether oxygens (including phenoxy) is 2. The third-order valence-corrected chi connectivity index (χ3v) is 4.39. The first-order valence-corrected chi connectivity index (χ1v) is 8.92. The van der Waals surface area contributed by atoms with Gasteiger partial charge in [0.1, 0.15) is 0 Å². The number of rotatable bonds is 6. The highest BCUT2D eigenvalue weighted by atomic mass is 32.2. The Morgan fingerprint density at radius 2 is 2.04 bits per heavy atom. The lowest BCUT2D eigenvalue weighted by atomic mass is 10.2. The maximum atomic E-state index is 12.5. The van der Waals surface area contributed by atoms with Crippen molar-refractivity contribution in [3.8, 4) is 11.5 Å². The van der Waals surface area contributed by atoms with E-state index in [0.29, 0.717) is 29.5 Å². The predicted octanol–water partition coefficient (Wildman–Crippen LogP) is 3.79. The summed E-state index contributed by atoms with van der Waals surface area (Å²) in [7, 11) is 1.61. The van der Waals surface area contributed by atoms with Crippen LogP contribution in [-0.2, 0) is 4.79 Å². The van der Waals surface area contributed by atoms with E-state index in [0.717, 1.165) is 10.7 Å². The van der Waals surface area contributed by atoms with Crippen molar-refractivity contribution in [1.29, 1.82) is 0 Å². The van der Waals surface area contributed by atoms with Gasteiger partial charge in [0.05, 0.1) is 18.1 Å². The molecule has 1 heterocycles. The minimum Gasteiger partial charge on any atom is -0.493 e. The van der Waals surface area contributed by atoms with Crippen LogP contribution in [0, 0.1) is 0 Å². The number of benzene rings is 1. The van der Waals surface area contributed by atoms with E-state index in [1.807, 2.05) is 52.0 Å². The van der Waals surface area contributed by atoms with Gasteiger partial charge >= 0.3 is 0 Å². The third kappa shape index (κ3) is 4.12. The van der Waals surface area contributed by atoms with E-state index in [2.05, 4.69) is 4.99 Å². The summed E-state index contributed by atoms with van der Waals surface area (Å²) in [5, 5.41) is 0.767. The van der Waals surface area contributed by atoms with Crippen molar-refractivity contribution < 1.29 is 14.3 Å². The Morgan fingerprint density at radius 1 is 1.29 bits per heavy atom. The first kappa shape index (κ1) is 18.4. The molecule has 1 aliphatic heterocycles. The smallest absolute Gasteiger partial charge is 0.266 e. The summed E-state index contributed by atoms with van der Waals surface area (Å²) in [5.74, 6) is 1.35. The van der Waals surface area contributed by atoms with Gasteiger partial charge in [0.2, 0.25) is 0 Å². The van der Waals surface area contributed by atoms with Crippen LogP contribution < -0.4 is 9.47 Å². The number of amides is 1. The van der Waals surface area contributed by atoms with E-state index in [4.69, 9.17) is 9.47 Å². The first-order valence-electron chi connectivity index (χ1n) is 8.10. The van der Waals surface area contributed by atoms with Gasteiger partial charge in [0, 0.05) is 13.1 Å². The molecule has 0 atom stereocenters. The maximum absolute atomic E-state index is 12.5. The standard InChI is InChI=1S/C18H24N2O3S/c1-6-19-18-20(7-2)17(21)16(24-18)11-13-8-9-14(23-12(3)4)15(10-13)22-5/h8-12H,6-7H2,1-5H3/b16-11+,19-18?. The molecule has 5 nitrogen and oxygen atoms in total. The summed E-state index contributed by atoms with van der Waals surface area (Å²) in [6.45, 7) is 9.13. The molecule has 1 fully saturated rings. The van der Waals surface area contributed by atoms with Gasteiger partial charge in [-0.2, -0.15) is 0 Å². The number of methoxy groups -OCH3 is 1. The number of thioether (sulfide) groups is 1. The van der Waals surface area contributed by atoms with Crippen molar-refractivity contribution >= 4 is 28.9 Å². The Balaban J connectivity index is 2.31. The fourth-order valence-electron chi connectivity index (χ4n) is 2.32. The Hall–Kier alpha value is -1.95. The molecule has 2 rings (SSSR count). The third-order valence-electron chi connectivity index (χ3n) is 3.35. The van der Waals surface area contributed by atoms with Crippen LogP contribution in [0.4, 0.5) is 0 Å². The fourth-order valence-corrected chi connectivity index (χ4v) is 3.42. The first-order chi connectivity index (χ1) is 11.5. The zero-order valence-electron chi connectivity index (χ0n) is 14.8. The predicted molar refractivity (Wildman–Crippen MR) is 99.7 cm³/mol. The summed E-state index contributed by atoms with van der Waals surface area (Å²) in [5.41, 5.74) is 0.896. The summed E-state index contributed by atoms with van der Waals surface area (Å²) < 4.78 is 11.1. The van der Waals surface area contributed by atoms with Crippen molar-refractivity contribution in [2.75, 3.05) is 20.2 Å². The zero-order chi connectivity index (χ0) is 17.7. The molecule has 0 N–H and O–H groups in total. The molecule has 1 aromatic rings. The highest BCUT2D eigenvalue weighted by Crippen LogP contribution is 2.34. The summed E-state index contributed by atoms with van der Waals surface area (Å²) in [6, 6.07) is 5.67. The maximum Gasteiger partial charge on any atom is 0.266 e. The lowest BCUT2D eigenvalue weighted by Crippen LogP contribution is -2.28. The molecule has 6 heteroatoms. The summed E-state index contributed by atoms with van der Waals surface area (Å²) in [6.07, 6.45) is 1.94. The van der Waals surface area contributed by atoms with Crippen molar-refractivity contribution in [2.45, 2.75) is 33.8 Å². The number of likely N-dealkylation sites (N-methyl/N-ethyl adjacent to an activating group) is 1. The van der Waals surface area contributed by atoms with E-state index >= 15 is 0 Å². The second-order valence-electron chi connectivity index (χ2n) is 5.49. The molecule has 0 aliphatic carbocycles. The summed E-state index contributed by atoms with van der Waals surface area (Å²) >= 11 is 1.41. The van der Waals surface area contributed by atoms with E-state index in [1.54, 1.807) is 12.0 Å². The minimum atomic E-state index is -0.00354. The number of aliphatic imine (C=N–C) groups is 1. The van der Waals surface area contributed by atoms with Gasteiger partial charge in [-0.05, 0) is 63.2 Å². The number of hydrogen-bond donors (Lipinski definition) is 0. The van der Waals surface area contributed by atoms with Crippen LogP contribution in [0.1, 0.15) is 33.3 Å². The molecule has 0 spiro atoms. The van der Waals surface area contributed by atoms with E-state index in [1.165, 1.54) is 11.8 Å². The molecule has 0 bridgehead atoms. The Labute approximate surface area is 147 Å². The lowest BCUT2D eigenvalue weighted by Gasteiger charge is -2.14. The highest BCUT2D eigenvalue weighted by Gasteiger charge is 2.31. The molecule has 0 unspecified atom stereocenters. The molecule has 0 radical (unpaired) electrons. The van der Waals surface area contributed by atoms with Crippen LogP contribution in [0.3, 0.4) is 0 Å². The van der Waals surface area contributed by atoms with E-state index < -0.39 is 0 Å². The van der Waals surface area contributed by atoms with Crippen LogP contribution in [0.25, 0.3) is 6.08 Å². The minimum absolute atomic E-state index is 0.00354. The molecule has 1 saturated heterocycles. The second-order valence-corrected chi connectivity index (χ2v) is 6.50. The molecule has 0 saturated carbocycles. The molecular weight excluding hydrogens is 324 g/mol. The van der Waals surface area contributed by atoms with Crippen molar-refractivity contribution in [2.24, 2.45) is 4.99 Å². The Bertz CT molecular complexity index is 668. The Kier molecular flexibility index (Phi) is 6.31. The summed E-state index contributed by atoms with van der Waals surface area (Å²) in [4.78, 5) is 19.3. The number of carbonyl (C=O) groups excluding carboxylic acids is 1. The van der Waals surface area contributed by atoms with Crippen LogP contribution >= 0.6 is 11.8 Å². The number of carbonyl (C=O) groups is 1. The average molecular weight is 348 g/mol. The molecule has 0 aromatic heterocycles. The molecule has 1 amide bonds. The van der Waals surface area contributed by atoms with E-state index in [9.17, 15) is 4.79 Å². The number of hydrogen-bond acceptors (Lipinski definition) is 5. The molecule has 130 valence electrons. The van der Waals surface area contributed by atoms with Gasteiger partial charge < -0.3 is 9.47 Å². The van der Waals surface area contributed by atoms with Gasteiger partial charge in [-0.1, -0.05) is 6.07 Å². The van der Waals surface area contributed by atoms with Gasteiger partial charge in [-0.3, -0.25) is 14.7 Å². The average Bonchev–Trinajstić information content (AvgIpc) is 2.83. The largest absolute Gasteiger partial charge is 0.493 e. The molecular formula is C18H24N2O3S. The van der Waals surface area contributed by atoms with Crippen molar-refractivity contribution in [1.82, 2.24) is 4.90 Å². The van der Waals surface area contributed by atoms with Crippen LogP contribution in [0.5, 0.6) is 11.5 Å². The monoisotopic (exact) mass is 348 g/mol. The highest BCUT2D eigenvalue weighted by molar-refractivity contribution is 8.18.